The summed E-state index contributed by atoms with van der Waals surface area (Å²) >= 11 is 0. The third-order valence-electron chi connectivity index (χ3n) is 5.79. The minimum Gasteiger partial charge on any atom is -0.393 e. The minimum absolute atomic E-state index is 0.0692. The maximum atomic E-state index is 10.4. The van der Waals surface area contributed by atoms with Gasteiger partial charge >= 0.3 is 0 Å². The molecule has 3 aliphatic rings. The number of allylic oxidation sites excluding steroid dienone is 2. The van der Waals surface area contributed by atoms with Gasteiger partial charge in [-0.15, -0.1) is 0 Å². The van der Waals surface area contributed by atoms with Gasteiger partial charge in [-0.3, -0.25) is 0 Å². The van der Waals surface area contributed by atoms with Crippen LogP contribution in [0.2, 0.25) is 0 Å². The van der Waals surface area contributed by atoms with Gasteiger partial charge < -0.3 is 10.2 Å². The fraction of sp³-hybridized carbons (Fsp3) is 0.789. The molecule has 0 bridgehead atoms. The van der Waals surface area contributed by atoms with E-state index in [1.165, 1.54) is 5.57 Å². The quantitative estimate of drug-likeness (QED) is 0.605. The van der Waals surface area contributed by atoms with Gasteiger partial charge in [0.2, 0.25) is 0 Å². The maximum Gasteiger partial charge on any atom is 0.119 e. The second-order valence-electron chi connectivity index (χ2n) is 7.31. The SMILES string of the molecule is [2H]C([2H])([2H])C(O)(C#CCC1(C2=CCC3[C@@H](O)CCC[C@]23C)CC1)C([2H])([2H])[2H]. The molecule has 0 aliphatic heterocycles. The van der Waals surface area contributed by atoms with Gasteiger partial charge in [0, 0.05) is 20.1 Å². The molecule has 0 amide bonds. The van der Waals surface area contributed by atoms with Crippen molar-refractivity contribution in [3.8, 4) is 11.8 Å². The van der Waals surface area contributed by atoms with Crippen molar-refractivity contribution in [3.05, 3.63) is 11.6 Å². The molecule has 3 aliphatic carbocycles. The summed E-state index contributed by atoms with van der Waals surface area (Å²) in [5, 5.41) is 20.7. The average molecular weight is 294 g/mol. The van der Waals surface area contributed by atoms with E-state index in [0.29, 0.717) is 6.42 Å². The highest BCUT2D eigenvalue weighted by Crippen LogP contribution is 2.66. The van der Waals surface area contributed by atoms with Crippen molar-refractivity contribution in [2.24, 2.45) is 16.7 Å². The Morgan fingerprint density at radius 2 is 2.19 bits per heavy atom. The molecular weight excluding hydrogens is 260 g/mol. The summed E-state index contributed by atoms with van der Waals surface area (Å²) in [4.78, 5) is 0. The summed E-state index contributed by atoms with van der Waals surface area (Å²) in [5.74, 6) is 5.13. The standard InChI is InChI=1S/C19H28O2/c1-17(2,21)9-5-11-19(12-13-19)16-8-7-14-15(20)6-4-10-18(14,16)3/h8,14-15,20-21H,4,6-7,10-13H2,1-3H3/t14?,15-,18-/m0/s1/i1D3,2D3. The van der Waals surface area contributed by atoms with Crippen LogP contribution in [-0.2, 0) is 0 Å². The van der Waals surface area contributed by atoms with Gasteiger partial charge in [-0.05, 0) is 63.6 Å². The van der Waals surface area contributed by atoms with Gasteiger partial charge in [0.15, 0.2) is 0 Å². The highest BCUT2D eigenvalue weighted by atomic mass is 16.3. The number of hydrogen-bond donors (Lipinski definition) is 2. The molecule has 0 radical (unpaired) electrons. The predicted octanol–water partition coefficient (Wildman–Crippen LogP) is 3.43. The van der Waals surface area contributed by atoms with Crippen molar-refractivity contribution in [1.82, 2.24) is 0 Å². The summed E-state index contributed by atoms with van der Waals surface area (Å²) < 4.78 is 44.5. The summed E-state index contributed by atoms with van der Waals surface area (Å²) in [5.41, 5.74) is -1.97. The minimum atomic E-state index is -3.11. The Morgan fingerprint density at radius 1 is 1.43 bits per heavy atom. The number of hydrogen-bond acceptors (Lipinski definition) is 2. The Morgan fingerprint density at radius 3 is 2.86 bits per heavy atom. The molecule has 3 atom stereocenters. The van der Waals surface area contributed by atoms with Crippen LogP contribution < -0.4 is 0 Å². The van der Waals surface area contributed by atoms with E-state index in [4.69, 9.17) is 8.22 Å². The second kappa shape index (κ2) is 4.86. The lowest BCUT2D eigenvalue weighted by Crippen LogP contribution is -2.40. The Labute approximate surface area is 137 Å². The van der Waals surface area contributed by atoms with Crippen molar-refractivity contribution in [3.63, 3.8) is 0 Å². The highest BCUT2D eigenvalue weighted by molar-refractivity contribution is 5.36. The molecule has 0 aromatic rings. The molecule has 2 nitrogen and oxygen atoms in total. The molecule has 0 aromatic heterocycles. The van der Waals surface area contributed by atoms with Gasteiger partial charge in [0.05, 0.1) is 6.10 Å². The van der Waals surface area contributed by atoms with Crippen LogP contribution in [0.1, 0.15) is 73.8 Å². The lowest BCUT2D eigenvalue weighted by molar-refractivity contribution is 0.00690. The van der Waals surface area contributed by atoms with Crippen LogP contribution in [0.5, 0.6) is 0 Å². The first-order valence-electron chi connectivity index (χ1n) is 10.9. The molecule has 3 rings (SSSR count). The molecule has 2 N–H and O–H groups in total. The van der Waals surface area contributed by atoms with E-state index in [-0.39, 0.29) is 22.9 Å². The topological polar surface area (TPSA) is 40.5 Å². The van der Waals surface area contributed by atoms with Crippen molar-refractivity contribution >= 4 is 0 Å². The first-order chi connectivity index (χ1) is 12.3. The third-order valence-corrected chi connectivity index (χ3v) is 5.79. The van der Waals surface area contributed by atoms with Crippen LogP contribution >= 0.6 is 0 Å². The van der Waals surface area contributed by atoms with Gasteiger partial charge in [-0.1, -0.05) is 30.4 Å². The molecule has 116 valence electrons. The molecule has 1 unspecified atom stereocenters. The van der Waals surface area contributed by atoms with Crippen LogP contribution in [0.25, 0.3) is 0 Å². The average Bonchev–Trinajstić information content (AvgIpc) is 3.19. The molecular formula is C19H28O2. The van der Waals surface area contributed by atoms with Gasteiger partial charge in [0.1, 0.15) is 5.60 Å². The molecule has 0 saturated heterocycles. The van der Waals surface area contributed by atoms with Crippen LogP contribution in [0.3, 0.4) is 0 Å². The monoisotopic (exact) mass is 294 g/mol. The summed E-state index contributed by atoms with van der Waals surface area (Å²) in [6, 6.07) is 0. The van der Waals surface area contributed by atoms with Crippen LogP contribution in [0.15, 0.2) is 11.6 Å². The van der Waals surface area contributed by atoms with E-state index in [1.807, 2.05) is 0 Å². The zero-order valence-electron chi connectivity index (χ0n) is 18.6. The third kappa shape index (κ3) is 2.67. The van der Waals surface area contributed by atoms with E-state index in [1.54, 1.807) is 0 Å². The maximum absolute atomic E-state index is 10.4. The molecule has 2 saturated carbocycles. The molecule has 0 heterocycles. The Hall–Kier alpha value is -0.780. The van der Waals surface area contributed by atoms with Gasteiger partial charge in [0.25, 0.3) is 0 Å². The fourth-order valence-electron chi connectivity index (χ4n) is 4.57. The van der Waals surface area contributed by atoms with Crippen LogP contribution in [0, 0.1) is 28.6 Å². The predicted molar refractivity (Wildman–Crippen MR) is 84.5 cm³/mol. The van der Waals surface area contributed by atoms with Crippen molar-refractivity contribution in [1.29, 1.82) is 0 Å². The number of aliphatic hydroxyl groups is 2. The van der Waals surface area contributed by atoms with Crippen LogP contribution in [-0.4, -0.2) is 21.9 Å². The van der Waals surface area contributed by atoms with E-state index < -0.39 is 19.3 Å². The first-order valence-corrected chi connectivity index (χ1v) is 7.89. The molecule has 2 fully saturated rings. The first kappa shape index (κ1) is 9.38. The number of fused-ring (bicyclic) bond motifs is 1. The van der Waals surface area contributed by atoms with Gasteiger partial charge in [-0.25, -0.2) is 0 Å². The normalized spacial score (nSPS) is 42.7. The lowest BCUT2D eigenvalue weighted by Gasteiger charge is -2.44. The van der Waals surface area contributed by atoms with Crippen molar-refractivity contribution < 1.29 is 18.4 Å². The lowest BCUT2D eigenvalue weighted by atomic mass is 9.62. The van der Waals surface area contributed by atoms with E-state index in [9.17, 15) is 10.2 Å². The largest absolute Gasteiger partial charge is 0.393 e. The Bertz CT molecular complexity index is 678. The zero-order valence-corrected chi connectivity index (χ0v) is 12.6. The Balaban J connectivity index is 1.83. The second-order valence-corrected chi connectivity index (χ2v) is 7.31. The van der Waals surface area contributed by atoms with Gasteiger partial charge in [-0.2, -0.15) is 0 Å². The van der Waals surface area contributed by atoms with Crippen molar-refractivity contribution in [2.45, 2.75) is 77.3 Å². The van der Waals surface area contributed by atoms with E-state index in [2.05, 4.69) is 24.8 Å². The smallest absolute Gasteiger partial charge is 0.119 e. The van der Waals surface area contributed by atoms with E-state index >= 15 is 0 Å². The molecule has 0 spiro atoms. The summed E-state index contributed by atoms with van der Waals surface area (Å²) in [6.07, 6.45) is 7.78. The van der Waals surface area contributed by atoms with Crippen molar-refractivity contribution in [2.75, 3.05) is 0 Å². The Kier molecular flexibility index (Phi) is 2.17. The van der Waals surface area contributed by atoms with E-state index in [0.717, 1.165) is 38.5 Å². The van der Waals surface area contributed by atoms with Crippen LogP contribution in [0.4, 0.5) is 0 Å². The molecule has 21 heavy (non-hydrogen) atoms. The summed E-state index contributed by atoms with van der Waals surface area (Å²) in [6.45, 7) is -4.02. The molecule has 0 aromatic carbocycles. The summed E-state index contributed by atoms with van der Waals surface area (Å²) in [7, 11) is 0. The number of aliphatic hydroxyl groups excluding tert-OH is 1. The fourth-order valence-corrected chi connectivity index (χ4v) is 4.57. The number of rotatable bonds is 2. The molecule has 2 heteroatoms. The highest BCUT2D eigenvalue weighted by Gasteiger charge is 2.57. The zero-order chi connectivity index (χ0) is 20.3.